The molecule has 0 N–H and O–H groups in total. The summed E-state index contributed by atoms with van der Waals surface area (Å²) < 4.78 is 23.9. The Kier molecular flexibility index (Phi) is 8.72. The summed E-state index contributed by atoms with van der Waals surface area (Å²) in [6, 6.07) is 12.9. The average Bonchev–Trinajstić information content (AvgIpc) is 2.58. The molecule has 2 aromatic rings. The lowest BCUT2D eigenvalue weighted by atomic mass is 10.3. The lowest BCUT2D eigenvalue weighted by Crippen LogP contribution is -1.99. The first kappa shape index (κ1) is 22.0. The van der Waals surface area contributed by atoms with Gasteiger partial charge >= 0.3 is 6.80 Å². The zero-order valence-corrected chi connectivity index (χ0v) is 18.8. The molecule has 0 aliphatic rings. The van der Waals surface area contributed by atoms with Crippen LogP contribution in [0.2, 0.25) is 10.0 Å². The molecule has 0 saturated carbocycles. The molecule has 2 aromatic carbocycles. The van der Waals surface area contributed by atoms with Crippen LogP contribution in [0.15, 0.2) is 52.3 Å². The van der Waals surface area contributed by atoms with Crippen molar-refractivity contribution >= 4 is 53.1 Å². The van der Waals surface area contributed by atoms with Crippen LogP contribution in [0.3, 0.4) is 0 Å². The van der Waals surface area contributed by atoms with E-state index in [4.69, 9.17) is 32.2 Å². The fourth-order valence-corrected chi connectivity index (χ4v) is 6.84. The summed E-state index contributed by atoms with van der Waals surface area (Å²) in [6.07, 6.45) is 0. The van der Waals surface area contributed by atoms with Gasteiger partial charge in [-0.2, -0.15) is 0 Å². The standard InChI is InChI=1S/C18H21Cl2O3PS2/c1-4-22-24(21,25-12-13(2)3)23-14-5-7-15(8-6-14)26-16-9-10-17(19)18(20)11-16/h5-11,13H,4,12H2,1-3H3. The largest absolute Gasteiger partial charge is 0.440 e. The smallest absolute Gasteiger partial charge is 0.417 e. The maximum Gasteiger partial charge on any atom is 0.440 e. The van der Waals surface area contributed by atoms with E-state index < -0.39 is 6.80 Å². The van der Waals surface area contributed by atoms with Crippen molar-refractivity contribution in [3.63, 3.8) is 0 Å². The molecule has 0 aromatic heterocycles. The fraction of sp³-hybridized carbons (Fsp3) is 0.333. The molecule has 0 aliphatic heterocycles. The Balaban J connectivity index is 2.05. The third kappa shape index (κ3) is 7.03. The highest BCUT2D eigenvalue weighted by Gasteiger charge is 2.27. The predicted molar refractivity (Wildman–Crippen MR) is 114 cm³/mol. The summed E-state index contributed by atoms with van der Waals surface area (Å²) >= 11 is 14.8. The molecule has 26 heavy (non-hydrogen) atoms. The van der Waals surface area contributed by atoms with Crippen molar-refractivity contribution in [3.8, 4) is 5.75 Å². The second-order valence-electron chi connectivity index (χ2n) is 5.80. The van der Waals surface area contributed by atoms with Crippen molar-refractivity contribution < 1.29 is 13.6 Å². The third-order valence-electron chi connectivity index (χ3n) is 3.02. The third-order valence-corrected chi connectivity index (χ3v) is 8.83. The van der Waals surface area contributed by atoms with E-state index in [1.807, 2.05) is 31.2 Å². The summed E-state index contributed by atoms with van der Waals surface area (Å²) in [5.74, 6) is 1.64. The summed E-state index contributed by atoms with van der Waals surface area (Å²) in [7, 11) is 0. The summed E-state index contributed by atoms with van der Waals surface area (Å²) in [6.45, 7) is 3.07. The number of benzene rings is 2. The Labute approximate surface area is 173 Å². The van der Waals surface area contributed by atoms with Gasteiger partial charge in [0.1, 0.15) is 5.75 Å². The second-order valence-corrected chi connectivity index (χ2v) is 11.8. The molecule has 8 heteroatoms. The molecule has 1 unspecified atom stereocenters. The van der Waals surface area contributed by atoms with Gasteiger partial charge in [0.05, 0.1) is 16.7 Å². The lowest BCUT2D eigenvalue weighted by Gasteiger charge is -2.18. The topological polar surface area (TPSA) is 35.5 Å². The first-order chi connectivity index (χ1) is 12.3. The zero-order valence-electron chi connectivity index (χ0n) is 14.8. The van der Waals surface area contributed by atoms with Crippen molar-refractivity contribution in [2.75, 3.05) is 12.4 Å². The van der Waals surface area contributed by atoms with Crippen LogP contribution in [0.1, 0.15) is 20.8 Å². The highest BCUT2D eigenvalue weighted by atomic mass is 35.5. The van der Waals surface area contributed by atoms with E-state index in [1.54, 1.807) is 30.0 Å². The van der Waals surface area contributed by atoms with Crippen LogP contribution in [0, 0.1) is 5.92 Å². The van der Waals surface area contributed by atoms with Gasteiger partial charge in [-0.25, -0.2) is 4.57 Å². The molecule has 0 heterocycles. The molecule has 2 rings (SSSR count). The van der Waals surface area contributed by atoms with Gasteiger partial charge < -0.3 is 4.52 Å². The first-order valence-corrected chi connectivity index (χ1v) is 12.8. The fourth-order valence-electron chi connectivity index (χ4n) is 1.86. The van der Waals surface area contributed by atoms with Crippen molar-refractivity contribution in [1.29, 1.82) is 0 Å². The molecule has 1 atom stereocenters. The highest BCUT2D eigenvalue weighted by molar-refractivity contribution is 8.55. The Morgan fingerprint density at radius 1 is 1.04 bits per heavy atom. The maximum absolute atomic E-state index is 12.8. The van der Waals surface area contributed by atoms with Crippen molar-refractivity contribution in [1.82, 2.24) is 0 Å². The van der Waals surface area contributed by atoms with Crippen LogP contribution >= 0.6 is 53.1 Å². The molecular weight excluding hydrogens is 430 g/mol. The van der Waals surface area contributed by atoms with Crippen molar-refractivity contribution in [2.24, 2.45) is 5.92 Å². The monoisotopic (exact) mass is 450 g/mol. The zero-order chi connectivity index (χ0) is 19.2. The summed E-state index contributed by atoms with van der Waals surface area (Å²) in [5.41, 5.74) is 0. The molecule has 0 spiro atoms. The molecule has 0 aliphatic carbocycles. The van der Waals surface area contributed by atoms with E-state index in [-0.39, 0.29) is 0 Å². The minimum absolute atomic E-state index is 0.341. The van der Waals surface area contributed by atoms with E-state index in [0.29, 0.717) is 34.1 Å². The van der Waals surface area contributed by atoms with Crippen LogP contribution in [-0.4, -0.2) is 12.4 Å². The van der Waals surface area contributed by atoms with Crippen molar-refractivity contribution in [3.05, 3.63) is 52.5 Å². The average molecular weight is 451 g/mol. The Hall–Kier alpha value is -0.290. The normalized spacial score (nSPS) is 13.6. The van der Waals surface area contributed by atoms with Gasteiger partial charge in [0, 0.05) is 15.5 Å². The lowest BCUT2D eigenvalue weighted by molar-refractivity contribution is 0.296. The van der Waals surface area contributed by atoms with E-state index in [1.165, 1.54) is 11.4 Å². The minimum atomic E-state index is -3.21. The maximum atomic E-state index is 12.8. The number of hydrogen-bond donors (Lipinski definition) is 0. The second kappa shape index (κ2) is 10.3. The highest BCUT2D eigenvalue weighted by Crippen LogP contribution is 2.60. The van der Waals surface area contributed by atoms with Gasteiger partial charge in [-0.1, -0.05) is 48.8 Å². The molecule has 142 valence electrons. The molecule has 3 nitrogen and oxygen atoms in total. The molecule has 0 bridgehead atoms. The van der Waals surface area contributed by atoms with Gasteiger partial charge in [-0.15, -0.1) is 0 Å². The quantitative estimate of drug-likeness (QED) is 0.361. The van der Waals surface area contributed by atoms with Crippen molar-refractivity contribution in [2.45, 2.75) is 30.6 Å². The van der Waals surface area contributed by atoms with Gasteiger partial charge in [-0.05, 0) is 66.7 Å². The van der Waals surface area contributed by atoms with Gasteiger partial charge in [0.2, 0.25) is 0 Å². The first-order valence-electron chi connectivity index (χ1n) is 8.13. The number of rotatable bonds is 9. The minimum Gasteiger partial charge on any atom is -0.417 e. The van der Waals surface area contributed by atoms with E-state index in [2.05, 4.69) is 13.8 Å². The Bertz CT molecular complexity index is 770. The van der Waals surface area contributed by atoms with Crippen LogP contribution in [-0.2, 0) is 9.09 Å². The number of halogens is 2. The summed E-state index contributed by atoms with van der Waals surface area (Å²) in [4.78, 5) is 2.00. The van der Waals surface area contributed by atoms with Crippen LogP contribution in [0.4, 0.5) is 0 Å². The van der Waals surface area contributed by atoms with Gasteiger partial charge in [-0.3, -0.25) is 4.52 Å². The predicted octanol–water partition coefficient (Wildman–Crippen LogP) is 8.06. The SMILES string of the molecule is CCOP(=O)(Oc1ccc(Sc2ccc(Cl)c(Cl)c2)cc1)SCC(C)C. The van der Waals surface area contributed by atoms with E-state index in [0.717, 1.165) is 9.79 Å². The molecule has 0 radical (unpaired) electrons. The Morgan fingerprint density at radius 2 is 1.69 bits per heavy atom. The molecular formula is C18H21Cl2O3PS2. The van der Waals surface area contributed by atoms with Crippen LogP contribution in [0.25, 0.3) is 0 Å². The van der Waals surface area contributed by atoms with Crippen LogP contribution in [0.5, 0.6) is 5.75 Å². The molecule has 0 fully saturated rings. The number of hydrogen-bond acceptors (Lipinski definition) is 5. The summed E-state index contributed by atoms with van der Waals surface area (Å²) in [5, 5.41) is 1.06. The van der Waals surface area contributed by atoms with E-state index >= 15 is 0 Å². The molecule has 0 amide bonds. The van der Waals surface area contributed by atoms with E-state index in [9.17, 15) is 4.57 Å². The van der Waals surface area contributed by atoms with Gasteiger partial charge in [0.15, 0.2) is 0 Å². The molecule has 0 saturated heterocycles. The Morgan fingerprint density at radius 3 is 2.27 bits per heavy atom. The van der Waals surface area contributed by atoms with Crippen LogP contribution < -0.4 is 4.52 Å². The van der Waals surface area contributed by atoms with Gasteiger partial charge in [0.25, 0.3) is 0 Å².